The van der Waals surface area contributed by atoms with Crippen LogP contribution in [0.15, 0.2) is 4.52 Å². The zero-order valence-corrected chi connectivity index (χ0v) is 15.6. The predicted octanol–water partition coefficient (Wildman–Crippen LogP) is 2.16. The van der Waals surface area contributed by atoms with Gasteiger partial charge in [-0.3, -0.25) is 9.59 Å². The summed E-state index contributed by atoms with van der Waals surface area (Å²) in [6.45, 7) is 9.92. The first-order valence-corrected chi connectivity index (χ1v) is 9.28. The van der Waals surface area contributed by atoms with E-state index in [0.29, 0.717) is 31.2 Å². The van der Waals surface area contributed by atoms with Gasteiger partial charge in [0.2, 0.25) is 17.7 Å². The quantitative estimate of drug-likeness (QED) is 0.833. The molecule has 0 aliphatic carbocycles. The summed E-state index contributed by atoms with van der Waals surface area (Å²) >= 11 is 0. The molecule has 7 nitrogen and oxygen atoms in total. The third kappa shape index (κ3) is 3.70. The molecule has 0 unspecified atom stereocenters. The molecule has 2 saturated heterocycles. The maximum atomic E-state index is 12.9. The van der Waals surface area contributed by atoms with Crippen molar-refractivity contribution < 1.29 is 14.1 Å². The fourth-order valence-corrected chi connectivity index (χ4v) is 3.69. The van der Waals surface area contributed by atoms with E-state index in [4.69, 9.17) is 4.52 Å². The lowest BCUT2D eigenvalue weighted by Crippen LogP contribution is -2.43. The molecule has 0 bridgehead atoms. The van der Waals surface area contributed by atoms with E-state index in [1.54, 1.807) is 4.90 Å². The summed E-state index contributed by atoms with van der Waals surface area (Å²) in [7, 11) is 0. The molecule has 25 heavy (non-hydrogen) atoms. The standard InChI is InChI=1S/C18H28N4O3/c1-11(2)17-19-16(20-25-17)13-6-5-7-21(9-13)18(24)14-8-15(23)22(10-14)12(3)4/h11-14H,5-10H2,1-4H3/t13-,14+/m0/s1. The van der Waals surface area contributed by atoms with Crippen molar-refractivity contribution in [3.8, 4) is 0 Å². The van der Waals surface area contributed by atoms with Crippen LogP contribution in [-0.4, -0.2) is 57.4 Å². The van der Waals surface area contributed by atoms with Crippen LogP contribution in [0.1, 0.15) is 70.5 Å². The highest BCUT2D eigenvalue weighted by Crippen LogP contribution is 2.29. The lowest BCUT2D eigenvalue weighted by Gasteiger charge is -2.33. The molecule has 0 N–H and O–H groups in total. The SMILES string of the molecule is CC(C)c1nc([C@H]2CCCN(C(=O)[C@@H]3CC(=O)N(C(C)C)C3)C2)no1. The molecule has 2 aliphatic heterocycles. The number of amides is 2. The van der Waals surface area contributed by atoms with Crippen molar-refractivity contribution in [2.24, 2.45) is 5.92 Å². The molecule has 138 valence electrons. The van der Waals surface area contributed by atoms with Crippen LogP contribution in [0.4, 0.5) is 0 Å². The molecule has 2 atom stereocenters. The molecule has 0 aromatic carbocycles. The number of carbonyl (C=O) groups excluding carboxylic acids is 2. The predicted molar refractivity (Wildman–Crippen MR) is 91.9 cm³/mol. The molecule has 2 amide bonds. The van der Waals surface area contributed by atoms with Crippen LogP contribution < -0.4 is 0 Å². The average molecular weight is 348 g/mol. The summed E-state index contributed by atoms with van der Waals surface area (Å²) in [6.07, 6.45) is 2.22. The Morgan fingerprint density at radius 1 is 1.24 bits per heavy atom. The van der Waals surface area contributed by atoms with E-state index in [0.717, 1.165) is 19.4 Å². The van der Waals surface area contributed by atoms with Gasteiger partial charge in [0.15, 0.2) is 5.82 Å². The van der Waals surface area contributed by atoms with E-state index in [2.05, 4.69) is 10.1 Å². The summed E-state index contributed by atoms with van der Waals surface area (Å²) in [6, 6.07) is 0.146. The fraction of sp³-hybridized carbons (Fsp3) is 0.778. The lowest BCUT2D eigenvalue weighted by molar-refractivity contribution is -0.137. The van der Waals surface area contributed by atoms with Crippen molar-refractivity contribution >= 4 is 11.8 Å². The molecule has 0 radical (unpaired) electrons. The number of hydrogen-bond donors (Lipinski definition) is 0. The van der Waals surface area contributed by atoms with Gasteiger partial charge in [0.1, 0.15) is 0 Å². The Balaban J connectivity index is 1.65. The molecular weight excluding hydrogens is 320 g/mol. The van der Waals surface area contributed by atoms with E-state index in [1.807, 2.05) is 32.6 Å². The normalized spacial score (nSPS) is 24.6. The third-order valence-electron chi connectivity index (χ3n) is 5.18. The van der Waals surface area contributed by atoms with E-state index in [9.17, 15) is 9.59 Å². The molecule has 2 fully saturated rings. The number of carbonyl (C=O) groups is 2. The molecule has 1 aromatic heterocycles. The summed E-state index contributed by atoms with van der Waals surface area (Å²) < 4.78 is 5.31. The Kier molecular flexibility index (Phi) is 5.11. The van der Waals surface area contributed by atoms with Gasteiger partial charge in [0, 0.05) is 43.9 Å². The topological polar surface area (TPSA) is 79.5 Å². The number of aromatic nitrogens is 2. The Hall–Kier alpha value is -1.92. The summed E-state index contributed by atoms with van der Waals surface area (Å²) in [4.78, 5) is 33.2. The molecule has 7 heteroatoms. The van der Waals surface area contributed by atoms with Crippen molar-refractivity contribution in [1.82, 2.24) is 19.9 Å². The second kappa shape index (κ2) is 7.14. The van der Waals surface area contributed by atoms with Crippen molar-refractivity contribution in [1.29, 1.82) is 0 Å². The van der Waals surface area contributed by atoms with E-state index in [1.165, 1.54) is 0 Å². The van der Waals surface area contributed by atoms with Crippen molar-refractivity contribution in [3.63, 3.8) is 0 Å². The van der Waals surface area contributed by atoms with Crippen LogP contribution in [0.2, 0.25) is 0 Å². The van der Waals surface area contributed by atoms with Crippen LogP contribution in [0.5, 0.6) is 0 Å². The summed E-state index contributed by atoms with van der Waals surface area (Å²) in [5, 5.41) is 4.11. The zero-order valence-electron chi connectivity index (χ0n) is 15.6. The second-order valence-electron chi connectivity index (χ2n) is 7.81. The molecule has 3 heterocycles. The second-order valence-corrected chi connectivity index (χ2v) is 7.81. The number of piperidine rings is 1. The van der Waals surface area contributed by atoms with Crippen molar-refractivity contribution in [3.05, 3.63) is 11.7 Å². The van der Waals surface area contributed by atoms with Gasteiger partial charge in [-0.2, -0.15) is 4.98 Å². The lowest BCUT2D eigenvalue weighted by atomic mass is 9.95. The third-order valence-corrected chi connectivity index (χ3v) is 5.18. The molecular formula is C18H28N4O3. The van der Waals surface area contributed by atoms with E-state index < -0.39 is 0 Å². The van der Waals surface area contributed by atoms with Gasteiger partial charge in [-0.15, -0.1) is 0 Å². The Bertz CT molecular complexity index is 640. The minimum atomic E-state index is -0.217. The summed E-state index contributed by atoms with van der Waals surface area (Å²) in [5.74, 6) is 1.63. The fourth-order valence-electron chi connectivity index (χ4n) is 3.69. The smallest absolute Gasteiger partial charge is 0.229 e. The molecule has 3 rings (SSSR count). The number of nitrogens with zero attached hydrogens (tertiary/aromatic N) is 4. The highest BCUT2D eigenvalue weighted by atomic mass is 16.5. The molecule has 2 aliphatic rings. The van der Waals surface area contributed by atoms with Crippen LogP contribution in [-0.2, 0) is 9.59 Å². The number of rotatable bonds is 4. The molecule has 1 aromatic rings. The highest BCUT2D eigenvalue weighted by Gasteiger charge is 2.39. The number of hydrogen-bond acceptors (Lipinski definition) is 5. The van der Waals surface area contributed by atoms with Gasteiger partial charge >= 0.3 is 0 Å². The molecule has 0 saturated carbocycles. The first-order chi connectivity index (χ1) is 11.9. The van der Waals surface area contributed by atoms with Crippen LogP contribution in [0, 0.1) is 5.92 Å². The Morgan fingerprint density at radius 2 is 2.00 bits per heavy atom. The van der Waals surface area contributed by atoms with Crippen LogP contribution >= 0.6 is 0 Å². The monoisotopic (exact) mass is 348 g/mol. The zero-order chi connectivity index (χ0) is 18.1. The van der Waals surface area contributed by atoms with E-state index in [-0.39, 0.29) is 35.6 Å². The minimum absolute atomic E-state index is 0.0849. The first-order valence-electron chi connectivity index (χ1n) is 9.28. The first kappa shape index (κ1) is 17.9. The largest absolute Gasteiger partial charge is 0.342 e. The minimum Gasteiger partial charge on any atom is -0.342 e. The van der Waals surface area contributed by atoms with E-state index >= 15 is 0 Å². The maximum Gasteiger partial charge on any atom is 0.229 e. The Labute approximate surface area is 148 Å². The van der Waals surface area contributed by atoms with Gasteiger partial charge < -0.3 is 14.3 Å². The Morgan fingerprint density at radius 3 is 2.60 bits per heavy atom. The van der Waals surface area contributed by atoms with Crippen molar-refractivity contribution in [2.75, 3.05) is 19.6 Å². The highest BCUT2D eigenvalue weighted by molar-refractivity contribution is 5.89. The van der Waals surface area contributed by atoms with Crippen molar-refractivity contribution in [2.45, 2.75) is 64.8 Å². The van der Waals surface area contributed by atoms with Gasteiger partial charge in [-0.1, -0.05) is 19.0 Å². The van der Waals surface area contributed by atoms with Crippen LogP contribution in [0.3, 0.4) is 0 Å². The maximum absolute atomic E-state index is 12.9. The van der Waals surface area contributed by atoms with Gasteiger partial charge in [-0.25, -0.2) is 0 Å². The van der Waals surface area contributed by atoms with Gasteiger partial charge in [-0.05, 0) is 26.7 Å². The summed E-state index contributed by atoms with van der Waals surface area (Å²) in [5.41, 5.74) is 0. The van der Waals surface area contributed by atoms with Crippen LogP contribution in [0.25, 0.3) is 0 Å². The number of likely N-dealkylation sites (tertiary alicyclic amines) is 2. The van der Waals surface area contributed by atoms with Gasteiger partial charge in [0.25, 0.3) is 0 Å². The average Bonchev–Trinajstić information content (AvgIpc) is 3.21. The van der Waals surface area contributed by atoms with Gasteiger partial charge in [0.05, 0.1) is 5.92 Å². The molecule has 0 spiro atoms.